The second-order valence-electron chi connectivity index (χ2n) is 7.10. The number of carbonyl (C=O) groups excluding carboxylic acids is 2. The molecule has 1 N–H and O–H groups in total. The number of benzene rings is 3. The van der Waals surface area contributed by atoms with Crippen LogP contribution in [0.4, 0.5) is 15.8 Å². The van der Waals surface area contributed by atoms with E-state index in [4.69, 9.17) is 0 Å². The Hall–Kier alpha value is -3.51. The molecule has 1 aliphatic heterocycles. The second-order valence-corrected chi connectivity index (χ2v) is 7.10. The van der Waals surface area contributed by atoms with Crippen LogP contribution >= 0.6 is 0 Å². The molecule has 0 radical (unpaired) electrons. The van der Waals surface area contributed by atoms with Gasteiger partial charge in [0.15, 0.2) is 5.60 Å². The lowest BCUT2D eigenvalue weighted by molar-refractivity contribution is -0.133. The number of para-hydroxylation sites is 2. The quantitative estimate of drug-likeness (QED) is 0.709. The van der Waals surface area contributed by atoms with Crippen LogP contribution in [0.5, 0.6) is 0 Å². The average Bonchev–Trinajstić information content (AvgIpc) is 2.98. The third-order valence-corrected chi connectivity index (χ3v) is 5.36. The Morgan fingerprint density at radius 1 is 1.03 bits per heavy atom. The van der Waals surface area contributed by atoms with Crippen LogP contribution in [-0.4, -0.2) is 30.0 Å². The van der Waals surface area contributed by atoms with Crippen LogP contribution in [0.2, 0.25) is 0 Å². The van der Waals surface area contributed by atoms with E-state index in [9.17, 15) is 19.1 Å². The van der Waals surface area contributed by atoms with Crippen molar-refractivity contribution in [2.45, 2.75) is 12.5 Å². The molecule has 1 atom stereocenters. The van der Waals surface area contributed by atoms with Gasteiger partial charge in [-0.2, -0.15) is 0 Å². The zero-order valence-corrected chi connectivity index (χ0v) is 16.5. The number of anilines is 2. The maximum Gasteiger partial charge on any atom is 0.268 e. The molecule has 152 valence electrons. The van der Waals surface area contributed by atoms with E-state index in [1.54, 1.807) is 29.2 Å². The minimum absolute atomic E-state index is 0.130. The highest BCUT2D eigenvalue weighted by Gasteiger charge is 2.51. The number of hydrogen-bond acceptors (Lipinski definition) is 3. The molecule has 0 aromatic heterocycles. The smallest absolute Gasteiger partial charge is 0.268 e. The first-order valence-corrected chi connectivity index (χ1v) is 9.72. The Morgan fingerprint density at radius 3 is 2.43 bits per heavy atom. The zero-order chi connectivity index (χ0) is 21.3. The maximum absolute atomic E-state index is 13.8. The summed E-state index contributed by atoms with van der Waals surface area (Å²) in [5, 5.41) is 11.4. The molecule has 0 aliphatic carbocycles. The van der Waals surface area contributed by atoms with Crippen molar-refractivity contribution < 1.29 is 19.1 Å². The number of carbonyl (C=O) groups is 2. The summed E-state index contributed by atoms with van der Waals surface area (Å²) in [5.74, 6) is -1.51. The molecule has 30 heavy (non-hydrogen) atoms. The van der Waals surface area contributed by atoms with E-state index in [1.165, 1.54) is 23.1 Å². The van der Waals surface area contributed by atoms with E-state index in [2.05, 4.69) is 0 Å². The van der Waals surface area contributed by atoms with E-state index in [0.29, 0.717) is 17.8 Å². The Kier molecular flexibility index (Phi) is 5.10. The molecule has 1 aliphatic rings. The Morgan fingerprint density at radius 2 is 1.73 bits per heavy atom. The molecule has 3 aromatic rings. The first-order valence-electron chi connectivity index (χ1n) is 9.72. The predicted octanol–water partition coefficient (Wildman–Crippen LogP) is 3.46. The van der Waals surface area contributed by atoms with Crippen molar-refractivity contribution in [3.63, 3.8) is 0 Å². The van der Waals surface area contributed by atoms with E-state index in [0.717, 1.165) is 11.8 Å². The average molecular weight is 404 g/mol. The summed E-state index contributed by atoms with van der Waals surface area (Å²) in [5.41, 5.74) is -0.429. The third kappa shape index (κ3) is 3.15. The van der Waals surface area contributed by atoms with Crippen molar-refractivity contribution in [2.24, 2.45) is 0 Å². The first-order chi connectivity index (χ1) is 14.5. The van der Waals surface area contributed by atoms with Crippen LogP contribution in [0.15, 0.2) is 78.9 Å². The summed E-state index contributed by atoms with van der Waals surface area (Å²) >= 11 is 0. The van der Waals surface area contributed by atoms with Gasteiger partial charge in [-0.05, 0) is 37.3 Å². The number of amides is 2. The lowest BCUT2D eigenvalue weighted by atomic mass is 9.87. The largest absolute Gasteiger partial charge is 0.372 e. The molecule has 3 aromatic carbocycles. The van der Waals surface area contributed by atoms with E-state index in [1.807, 2.05) is 37.3 Å². The SMILES string of the molecule is CCN(C(=O)CN1C(=O)[C@](O)(c2cccc(F)c2)c2ccccc21)c1ccccc1. The number of hydrogen-bond donors (Lipinski definition) is 1. The van der Waals surface area contributed by atoms with Gasteiger partial charge in [0.05, 0.1) is 5.69 Å². The van der Waals surface area contributed by atoms with Gasteiger partial charge >= 0.3 is 0 Å². The lowest BCUT2D eigenvalue weighted by Gasteiger charge is -2.26. The lowest BCUT2D eigenvalue weighted by Crippen LogP contribution is -2.46. The topological polar surface area (TPSA) is 60.9 Å². The Labute approximate surface area is 174 Å². The standard InChI is InChI=1S/C24H21FN2O3/c1-2-26(19-11-4-3-5-12-19)22(28)16-27-21-14-7-6-13-20(21)24(30,23(27)29)17-9-8-10-18(25)15-17/h3-15,30H,2,16H2,1H3/t24-/m0/s1. The van der Waals surface area contributed by atoms with E-state index in [-0.39, 0.29) is 18.0 Å². The molecule has 2 amide bonds. The normalized spacial score (nSPS) is 17.7. The van der Waals surface area contributed by atoms with Crippen LogP contribution in [0.25, 0.3) is 0 Å². The first kappa shape index (κ1) is 19.8. The number of fused-ring (bicyclic) bond motifs is 1. The van der Waals surface area contributed by atoms with Crippen molar-refractivity contribution in [3.05, 3.63) is 95.8 Å². The van der Waals surface area contributed by atoms with Crippen molar-refractivity contribution in [1.82, 2.24) is 0 Å². The van der Waals surface area contributed by atoms with E-state index < -0.39 is 17.3 Å². The van der Waals surface area contributed by atoms with Gasteiger partial charge < -0.3 is 10.0 Å². The molecule has 0 bridgehead atoms. The summed E-state index contributed by atoms with van der Waals surface area (Å²) in [6, 6.07) is 21.3. The van der Waals surface area contributed by atoms with Gasteiger partial charge in [-0.15, -0.1) is 0 Å². The Bertz CT molecular complexity index is 1100. The third-order valence-electron chi connectivity index (χ3n) is 5.36. The maximum atomic E-state index is 13.8. The van der Waals surface area contributed by atoms with Crippen LogP contribution in [0, 0.1) is 5.82 Å². The minimum Gasteiger partial charge on any atom is -0.372 e. The number of likely N-dealkylation sites (N-methyl/N-ethyl adjacent to an activating group) is 1. The summed E-state index contributed by atoms with van der Waals surface area (Å²) in [4.78, 5) is 29.3. The highest BCUT2D eigenvalue weighted by molar-refractivity contribution is 6.13. The molecule has 6 heteroatoms. The Balaban J connectivity index is 1.71. The minimum atomic E-state index is -2.05. The van der Waals surface area contributed by atoms with Crippen molar-refractivity contribution >= 4 is 23.2 Å². The molecule has 1 heterocycles. The van der Waals surface area contributed by atoms with Crippen LogP contribution in [-0.2, 0) is 15.2 Å². The van der Waals surface area contributed by atoms with Gasteiger partial charge in [-0.1, -0.05) is 48.5 Å². The van der Waals surface area contributed by atoms with Gasteiger partial charge in [-0.25, -0.2) is 4.39 Å². The summed E-state index contributed by atoms with van der Waals surface area (Å²) < 4.78 is 13.8. The molecule has 0 fully saturated rings. The highest BCUT2D eigenvalue weighted by atomic mass is 19.1. The number of nitrogens with zero attached hydrogens (tertiary/aromatic N) is 2. The van der Waals surface area contributed by atoms with Crippen molar-refractivity contribution in [2.75, 3.05) is 22.9 Å². The fourth-order valence-electron chi connectivity index (χ4n) is 3.92. The van der Waals surface area contributed by atoms with Crippen LogP contribution < -0.4 is 9.80 Å². The highest BCUT2D eigenvalue weighted by Crippen LogP contribution is 2.44. The zero-order valence-electron chi connectivity index (χ0n) is 16.5. The summed E-state index contributed by atoms with van der Waals surface area (Å²) in [7, 11) is 0. The molecule has 0 spiro atoms. The van der Waals surface area contributed by atoms with Crippen molar-refractivity contribution in [1.29, 1.82) is 0 Å². The van der Waals surface area contributed by atoms with E-state index >= 15 is 0 Å². The monoisotopic (exact) mass is 404 g/mol. The molecular formula is C24H21FN2O3. The van der Waals surface area contributed by atoms with Gasteiger partial charge in [0.2, 0.25) is 5.91 Å². The fraction of sp³-hybridized carbons (Fsp3) is 0.167. The summed E-state index contributed by atoms with van der Waals surface area (Å²) in [6.07, 6.45) is 0. The predicted molar refractivity (Wildman–Crippen MR) is 113 cm³/mol. The molecule has 0 unspecified atom stereocenters. The van der Waals surface area contributed by atoms with Gasteiger partial charge in [0.25, 0.3) is 5.91 Å². The van der Waals surface area contributed by atoms with Crippen LogP contribution in [0.3, 0.4) is 0 Å². The number of aliphatic hydroxyl groups is 1. The van der Waals surface area contributed by atoms with Gasteiger partial charge in [0.1, 0.15) is 12.4 Å². The molecule has 0 saturated carbocycles. The van der Waals surface area contributed by atoms with Crippen molar-refractivity contribution in [3.8, 4) is 0 Å². The number of halogens is 1. The number of rotatable bonds is 5. The molecule has 0 saturated heterocycles. The fourth-order valence-corrected chi connectivity index (χ4v) is 3.92. The van der Waals surface area contributed by atoms with Gasteiger partial charge in [-0.3, -0.25) is 14.5 Å². The summed E-state index contributed by atoms with van der Waals surface area (Å²) in [6.45, 7) is 2.05. The molecular weight excluding hydrogens is 383 g/mol. The molecule has 5 nitrogen and oxygen atoms in total. The molecule has 4 rings (SSSR count). The van der Waals surface area contributed by atoms with Crippen LogP contribution in [0.1, 0.15) is 18.1 Å². The van der Waals surface area contributed by atoms with Gasteiger partial charge in [0, 0.05) is 23.4 Å². The second kappa shape index (κ2) is 7.72.